The summed E-state index contributed by atoms with van der Waals surface area (Å²) >= 11 is 6.00. The summed E-state index contributed by atoms with van der Waals surface area (Å²) in [5, 5.41) is 8.03. The molecule has 0 N–H and O–H groups in total. The monoisotopic (exact) mass is 420 g/mol. The highest BCUT2D eigenvalue weighted by atomic mass is 35.5. The lowest BCUT2D eigenvalue weighted by atomic mass is 10.1. The maximum absolute atomic E-state index is 12.6. The predicted octanol–water partition coefficient (Wildman–Crippen LogP) is 4.92. The van der Waals surface area contributed by atoms with Crippen LogP contribution in [0.1, 0.15) is 5.56 Å². The van der Waals surface area contributed by atoms with Crippen LogP contribution in [0.3, 0.4) is 0 Å². The van der Waals surface area contributed by atoms with Crippen molar-refractivity contribution in [1.82, 2.24) is 19.6 Å². The summed E-state index contributed by atoms with van der Waals surface area (Å²) in [4.78, 5) is 4.11. The van der Waals surface area contributed by atoms with Crippen molar-refractivity contribution in [2.75, 3.05) is 0 Å². The van der Waals surface area contributed by atoms with E-state index < -0.39 is 12.1 Å². The van der Waals surface area contributed by atoms with Crippen molar-refractivity contribution >= 4 is 17.2 Å². The lowest BCUT2D eigenvalue weighted by molar-refractivity contribution is -0.274. The fraction of sp³-hybridized carbons (Fsp3) is 0.105. The number of nitrogens with zero attached hydrogens (tertiary/aromatic N) is 4. The lowest BCUT2D eigenvalue weighted by Gasteiger charge is -2.15. The molecule has 0 spiro atoms. The van der Waals surface area contributed by atoms with Gasteiger partial charge in [-0.25, -0.2) is 4.98 Å². The Balaban J connectivity index is 1.77. The predicted molar refractivity (Wildman–Crippen MR) is 98.7 cm³/mol. The molecular formula is C19H12ClF3N4O2. The average Bonchev–Trinajstić information content (AvgIpc) is 3.18. The van der Waals surface area contributed by atoms with Crippen molar-refractivity contribution in [3.05, 3.63) is 71.6 Å². The second-order valence-electron chi connectivity index (χ2n) is 5.92. The fourth-order valence-corrected chi connectivity index (χ4v) is 2.91. The topological polar surface area (TPSA) is 61.5 Å². The number of fused-ring (bicyclic) bond motifs is 1. The molecule has 0 aliphatic heterocycles. The number of halogens is 4. The van der Waals surface area contributed by atoms with Crippen LogP contribution in [0.15, 0.2) is 60.9 Å². The summed E-state index contributed by atoms with van der Waals surface area (Å²) in [6.07, 6.45) is -1.69. The second kappa shape index (κ2) is 7.59. The standard InChI is InChI=1S/C19H12ClF3N4O2/c20-16-18-24-8-9-27(18)17(26-25-16)14-7-6-13(29-19(21,22)23)10-15(14)28-11-12-4-2-1-3-5-12/h1-10H,11H2. The van der Waals surface area contributed by atoms with E-state index in [1.54, 1.807) is 10.6 Å². The van der Waals surface area contributed by atoms with Crippen LogP contribution in [0.2, 0.25) is 5.15 Å². The van der Waals surface area contributed by atoms with Crippen molar-refractivity contribution < 1.29 is 22.6 Å². The molecule has 10 heteroatoms. The molecule has 0 aliphatic carbocycles. The highest BCUT2D eigenvalue weighted by Crippen LogP contribution is 2.35. The summed E-state index contributed by atoms with van der Waals surface area (Å²) in [6.45, 7) is 0.136. The van der Waals surface area contributed by atoms with Gasteiger partial charge in [-0.1, -0.05) is 41.9 Å². The van der Waals surface area contributed by atoms with E-state index in [0.717, 1.165) is 11.6 Å². The van der Waals surface area contributed by atoms with Gasteiger partial charge in [0.05, 0.1) is 5.56 Å². The molecule has 0 radical (unpaired) electrons. The lowest BCUT2D eigenvalue weighted by Crippen LogP contribution is -2.17. The summed E-state index contributed by atoms with van der Waals surface area (Å²) in [6, 6.07) is 13.0. The second-order valence-corrected chi connectivity index (χ2v) is 6.27. The van der Waals surface area contributed by atoms with Gasteiger partial charge in [0.15, 0.2) is 16.6 Å². The Bertz CT molecular complexity index is 1150. The minimum Gasteiger partial charge on any atom is -0.488 e. The molecule has 0 fully saturated rings. The molecule has 0 saturated heterocycles. The van der Waals surface area contributed by atoms with E-state index in [2.05, 4.69) is 19.9 Å². The van der Waals surface area contributed by atoms with Gasteiger partial charge in [0, 0.05) is 18.5 Å². The number of hydrogen-bond donors (Lipinski definition) is 0. The van der Waals surface area contributed by atoms with Gasteiger partial charge in [-0.15, -0.1) is 23.4 Å². The molecular weight excluding hydrogens is 409 g/mol. The Kier molecular flexibility index (Phi) is 4.98. The summed E-state index contributed by atoms with van der Waals surface area (Å²) in [7, 11) is 0. The fourth-order valence-electron chi connectivity index (χ4n) is 2.73. The smallest absolute Gasteiger partial charge is 0.488 e. The normalized spacial score (nSPS) is 11.6. The quantitative estimate of drug-likeness (QED) is 0.458. The number of benzene rings is 2. The van der Waals surface area contributed by atoms with Crippen LogP contribution in [-0.2, 0) is 6.61 Å². The first-order chi connectivity index (χ1) is 13.9. The third-order valence-electron chi connectivity index (χ3n) is 3.95. The van der Waals surface area contributed by atoms with Crippen LogP contribution in [-0.4, -0.2) is 25.9 Å². The zero-order valence-corrected chi connectivity index (χ0v) is 15.4. The van der Waals surface area contributed by atoms with Gasteiger partial charge in [-0.2, -0.15) is 0 Å². The number of alkyl halides is 3. The van der Waals surface area contributed by atoms with Crippen LogP contribution in [0.4, 0.5) is 13.2 Å². The van der Waals surface area contributed by atoms with E-state index in [9.17, 15) is 13.2 Å². The molecule has 0 saturated carbocycles. The molecule has 0 bridgehead atoms. The van der Waals surface area contributed by atoms with Gasteiger partial charge < -0.3 is 9.47 Å². The number of ether oxygens (including phenoxy) is 2. The maximum Gasteiger partial charge on any atom is 0.573 e. The van der Waals surface area contributed by atoms with Gasteiger partial charge in [0.2, 0.25) is 0 Å². The number of hydrogen-bond acceptors (Lipinski definition) is 5. The molecule has 0 atom stereocenters. The van der Waals surface area contributed by atoms with E-state index in [1.165, 1.54) is 18.3 Å². The van der Waals surface area contributed by atoms with Crippen LogP contribution in [0.5, 0.6) is 11.5 Å². The van der Waals surface area contributed by atoms with E-state index in [-0.39, 0.29) is 17.5 Å². The molecule has 4 rings (SSSR count). The first-order valence-corrected chi connectivity index (χ1v) is 8.70. The molecule has 29 heavy (non-hydrogen) atoms. The Hall–Kier alpha value is -3.33. The first kappa shape index (κ1) is 19.0. The minimum absolute atomic E-state index is 0.0996. The third-order valence-corrected chi connectivity index (χ3v) is 4.20. The molecule has 2 aromatic heterocycles. The highest BCUT2D eigenvalue weighted by molar-refractivity contribution is 6.32. The minimum atomic E-state index is -4.82. The number of aromatic nitrogens is 4. The summed E-state index contributed by atoms with van der Waals surface area (Å²) < 4.78 is 49.3. The molecule has 2 heterocycles. The van der Waals surface area contributed by atoms with Crippen molar-refractivity contribution in [1.29, 1.82) is 0 Å². The molecule has 6 nitrogen and oxygen atoms in total. The van der Waals surface area contributed by atoms with Crippen LogP contribution < -0.4 is 9.47 Å². The summed E-state index contributed by atoms with van der Waals surface area (Å²) in [5.41, 5.74) is 1.61. The van der Waals surface area contributed by atoms with Crippen molar-refractivity contribution in [3.8, 4) is 22.9 Å². The van der Waals surface area contributed by atoms with E-state index in [0.29, 0.717) is 17.0 Å². The van der Waals surface area contributed by atoms with Gasteiger partial charge >= 0.3 is 6.36 Å². The van der Waals surface area contributed by atoms with Crippen molar-refractivity contribution in [2.24, 2.45) is 0 Å². The average molecular weight is 421 g/mol. The number of rotatable bonds is 5. The van der Waals surface area contributed by atoms with Gasteiger partial charge in [-0.3, -0.25) is 4.40 Å². The maximum atomic E-state index is 12.6. The van der Waals surface area contributed by atoms with Crippen LogP contribution in [0, 0.1) is 0 Å². The SMILES string of the molecule is FC(F)(F)Oc1ccc(-c2nnc(Cl)c3nccn23)c(OCc2ccccc2)c1. The van der Waals surface area contributed by atoms with Crippen LogP contribution >= 0.6 is 11.6 Å². The highest BCUT2D eigenvalue weighted by Gasteiger charge is 2.31. The van der Waals surface area contributed by atoms with Gasteiger partial charge in [-0.05, 0) is 17.7 Å². The molecule has 0 amide bonds. The zero-order chi connectivity index (χ0) is 20.4. The van der Waals surface area contributed by atoms with Crippen LogP contribution in [0.25, 0.3) is 17.0 Å². The molecule has 0 aliphatic rings. The van der Waals surface area contributed by atoms with Crippen molar-refractivity contribution in [3.63, 3.8) is 0 Å². The Morgan fingerprint density at radius 1 is 1.03 bits per heavy atom. The Morgan fingerprint density at radius 3 is 2.59 bits per heavy atom. The Labute approximate surface area is 167 Å². The molecule has 4 aromatic rings. The first-order valence-electron chi connectivity index (χ1n) is 8.33. The van der Waals surface area contributed by atoms with Gasteiger partial charge in [0.1, 0.15) is 18.1 Å². The molecule has 0 unspecified atom stereocenters. The summed E-state index contributed by atoms with van der Waals surface area (Å²) in [5.74, 6) is 0.0406. The molecule has 148 valence electrons. The zero-order valence-electron chi connectivity index (χ0n) is 14.6. The largest absolute Gasteiger partial charge is 0.573 e. The number of imidazole rings is 1. The van der Waals surface area contributed by atoms with E-state index >= 15 is 0 Å². The third kappa shape index (κ3) is 4.24. The molecule has 2 aromatic carbocycles. The van der Waals surface area contributed by atoms with Crippen molar-refractivity contribution in [2.45, 2.75) is 13.0 Å². The van der Waals surface area contributed by atoms with E-state index in [4.69, 9.17) is 16.3 Å². The van der Waals surface area contributed by atoms with Gasteiger partial charge in [0.25, 0.3) is 0 Å². The van der Waals surface area contributed by atoms with E-state index in [1.807, 2.05) is 30.3 Å². The Morgan fingerprint density at radius 2 is 1.83 bits per heavy atom.